The van der Waals surface area contributed by atoms with Gasteiger partial charge < -0.3 is 10.1 Å². The fourth-order valence-corrected chi connectivity index (χ4v) is 3.85. The van der Waals surface area contributed by atoms with E-state index in [1.54, 1.807) is 0 Å². The van der Waals surface area contributed by atoms with Gasteiger partial charge in [-0.25, -0.2) is 4.98 Å². The van der Waals surface area contributed by atoms with Gasteiger partial charge in [0.15, 0.2) is 0 Å². The van der Waals surface area contributed by atoms with E-state index >= 15 is 0 Å². The van der Waals surface area contributed by atoms with Gasteiger partial charge in [-0.1, -0.05) is 13.3 Å². The second-order valence-electron chi connectivity index (χ2n) is 5.71. The SMILES string of the molecule is CCCc1nc(C2CCOCC2)sc1CNC1CC1. The fraction of sp³-hybridized carbons (Fsp3) is 0.800. The summed E-state index contributed by atoms with van der Waals surface area (Å²) in [6.07, 6.45) is 7.32. The fourth-order valence-electron chi connectivity index (χ4n) is 2.62. The molecule has 2 heterocycles. The number of rotatable bonds is 6. The predicted octanol–water partition coefficient (Wildman–Crippen LogP) is 3.24. The summed E-state index contributed by atoms with van der Waals surface area (Å²) in [5.41, 5.74) is 1.35. The highest BCUT2D eigenvalue weighted by Gasteiger charge is 2.24. The summed E-state index contributed by atoms with van der Waals surface area (Å²) in [5, 5.41) is 4.99. The van der Waals surface area contributed by atoms with Crippen LogP contribution < -0.4 is 5.32 Å². The number of aryl methyl sites for hydroxylation is 1. The first-order valence-corrected chi connectivity index (χ1v) is 8.48. The monoisotopic (exact) mass is 280 g/mol. The lowest BCUT2D eigenvalue weighted by atomic mass is 10.0. The van der Waals surface area contributed by atoms with Crippen molar-refractivity contribution in [2.45, 2.75) is 64.0 Å². The van der Waals surface area contributed by atoms with Gasteiger partial charge in [0.25, 0.3) is 0 Å². The summed E-state index contributed by atoms with van der Waals surface area (Å²) in [4.78, 5) is 6.43. The highest BCUT2D eigenvalue weighted by molar-refractivity contribution is 7.11. The zero-order valence-electron chi connectivity index (χ0n) is 11.8. The quantitative estimate of drug-likeness (QED) is 0.868. The van der Waals surface area contributed by atoms with Crippen LogP contribution in [-0.4, -0.2) is 24.2 Å². The van der Waals surface area contributed by atoms with E-state index in [1.165, 1.54) is 34.8 Å². The van der Waals surface area contributed by atoms with Crippen LogP contribution in [0.2, 0.25) is 0 Å². The van der Waals surface area contributed by atoms with Gasteiger partial charge in [0, 0.05) is 36.6 Å². The topological polar surface area (TPSA) is 34.1 Å². The van der Waals surface area contributed by atoms with Crippen molar-refractivity contribution in [3.63, 3.8) is 0 Å². The molecule has 1 aromatic rings. The molecule has 0 aromatic carbocycles. The Bertz CT molecular complexity index is 408. The Hall–Kier alpha value is -0.450. The summed E-state index contributed by atoms with van der Waals surface area (Å²) in [6.45, 7) is 5.08. The summed E-state index contributed by atoms with van der Waals surface area (Å²) >= 11 is 1.95. The first-order chi connectivity index (χ1) is 9.36. The maximum absolute atomic E-state index is 5.46. The molecule has 0 atom stereocenters. The minimum absolute atomic E-state index is 0.643. The molecule has 106 valence electrons. The molecule has 1 N–H and O–H groups in total. The molecule has 1 aromatic heterocycles. The van der Waals surface area contributed by atoms with Crippen LogP contribution >= 0.6 is 11.3 Å². The molecule has 1 saturated carbocycles. The molecule has 0 radical (unpaired) electrons. The van der Waals surface area contributed by atoms with Gasteiger partial charge >= 0.3 is 0 Å². The van der Waals surface area contributed by atoms with Crippen molar-refractivity contribution in [1.82, 2.24) is 10.3 Å². The molecule has 2 aliphatic rings. The van der Waals surface area contributed by atoms with Crippen molar-refractivity contribution in [3.8, 4) is 0 Å². The Morgan fingerprint density at radius 3 is 2.74 bits per heavy atom. The molecule has 1 aliphatic heterocycles. The van der Waals surface area contributed by atoms with Crippen molar-refractivity contribution in [2.75, 3.05) is 13.2 Å². The first-order valence-electron chi connectivity index (χ1n) is 7.66. The molecule has 1 aliphatic carbocycles. The average Bonchev–Trinajstić information content (AvgIpc) is 3.19. The van der Waals surface area contributed by atoms with Gasteiger partial charge in [0.2, 0.25) is 0 Å². The normalized spacial score (nSPS) is 20.9. The molecule has 0 bridgehead atoms. The highest BCUT2D eigenvalue weighted by Crippen LogP contribution is 2.33. The van der Waals surface area contributed by atoms with Crippen LogP contribution in [0.15, 0.2) is 0 Å². The summed E-state index contributed by atoms with van der Waals surface area (Å²) in [7, 11) is 0. The molecule has 2 fully saturated rings. The standard InChI is InChI=1S/C15H24N2OS/c1-2-3-13-14(10-16-12-4-5-12)19-15(17-13)11-6-8-18-9-7-11/h11-12,16H,2-10H2,1H3. The zero-order chi connectivity index (χ0) is 13.1. The minimum atomic E-state index is 0.643. The lowest BCUT2D eigenvalue weighted by Gasteiger charge is -2.19. The van der Waals surface area contributed by atoms with Crippen molar-refractivity contribution < 1.29 is 4.74 Å². The van der Waals surface area contributed by atoms with Crippen LogP contribution in [0, 0.1) is 0 Å². The molecule has 1 saturated heterocycles. The van der Waals surface area contributed by atoms with Gasteiger partial charge in [0.05, 0.1) is 10.7 Å². The summed E-state index contributed by atoms with van der Waals surface area (Å²) < 4.78 is 5.46. The molecule has 3 nitrogen and oxygen atoms in total. The number of hydrogen-bond acceptors (Lipinski definition) is 4. The van der Waals surface area contributed by atoms with Crippen LogP contribution in [0.25, 0.3) is 0 Å². The van der Waals surface area contributed by atoms with E-state index in [-0.39, 0.29) is 0 Å². The Labute approximate surface area is 119 Å². The number of thiazole rings is 1. The Morgan fingerprint density at radius 1 is 1.26 bits per heavy atom. The molecule has 0 spiro atoms. The largest absolute Gasteiger partial charge is 0.381 e. The van der Waals surface area contributed by atoms with Crippen LogP contribution in [0.4, 0.5) is 0 Å². The van der Waals surface area contributed by atoms with Crippen molar-refractivity contribution in [2.24, 2.45) is 0 Å². The number of nitrogens with zero attached hydrogens (tertiary/aromatic N) is 1. The molecule has 0 amide bonds. The average molecular weight is 280 g/mol. The molecule has 0 unspecified atom stereocenters. The molecule has 4 heteroatoms. The van der Waals surface area contributed by atoms with E-state index in [1.807, 2.05) is 11.3 Å². The first kappa shape index (κ1) is 13.5. The number of nitrogens with one attached hydrogen (secondary N) is 1. The van der Waals surface area contributed by atoms with Crippen molar-refractivity contribution >= 4 is 11.3 Å². The Kier molecular flexibility index (Phi) is 4.51. The molecule has 3 rings (SSSR count). The smallest absolute Gasteiger partial charge is 0.0964 e. The molecular weight excluding hydrogens is 256 g/mol. The van der Waals surface area contributed by atoms with E-state index in [0.29, 0.717) is 5.92 Å². The third-order valence-corrected chi connectivity index (χ3v) is 5.24. The van der Waals surface area contributed by atoms with Gasteiger partial charge in [-0.05, 0) is 32.1 Å². The lowest BCUT2D eigenvalue weighted by Crippen LogP contribution is -2.15. The van der Waals surface area contributed by atoms with E-state index in [4.69, 9.17) is 9.72 Å². The van der Waals surface area contributed by atoms with Gasteiger partial charge in [-0.3, -0.25) is 0 Å². The second kappa shape index (κ2) is 6.33. The Morgan fingerprint density at radius 2 is 2.05 bits per heavy atom. The molecule has 19 heavy (non-hydrogen) atoms. The second-order valence-corrected chi connectivity index (χ2v) is 6.83. The van der Waals surface area contributed by atoms with Crippen LogP contribution in [0.1, 0.15) is 60.5 Å². The number of ether oxygens (including phenoxy) is 1. The van der Waals surface area contributed by atoms with E-state index in [2.05, 4.69) is 12.2 Å². The number of hydrogen-bond donors (Lipinski definition) is 1. The maximum Gasteiger partial charge on any atom is 0.0964 e. The minimum Gasteiger partial charge on any atom is -0.381 e. The Balaban J connectivity index is 1.70. The van der Waals surface area contributed by atoms with E-state index in [0.717, 1.165) is 45.1 Å². The van der Waals surface area contributed by atoms with Crippen molar-refractivity contribution in [1.29, 1.82) is 0 Å². The van der Waals surface area contributed by atoms with Gasteiger partial charge in [-0.2, -0.15) is 0 Å². The summed E-state index contributed by atoms with van der Waals surface area (Å²) in [6, 6.07) is 0.781. The van der Waals surface area contributed by atoms with Crippen LogP contribution in [0.5, 0.6) is 0 Å². The maximum atomic E-state index is 5.46. The summed E-state index contributed by atoms with van der Waals surface area (Å²) in [5.74, 6) is 0.643. The third kappa shape index (κ3) is 3.56. The van der Waals surface area contributed by atoms with Crippen LogP contribution in [-0.2, 0) is 17.7 Å². The highest BCUT2D eigenvalue weighted by atomic mass is 32.1. The van der Waals surface area contributed by atoms with Crippen LogP contribution in [0.3, 0.4) is 0 Å². The third-order valence-electron chi connectivity index (χ3n) is 3.98. The van der Waals surface area contributed by atoms with E-state index in [9.17, 15) is 0 Å². The molecular formula is C15H24N2OS. The lowest BCUT2D eigenvalue weighted by molar-refractivity contribution is 0.0852. The predicted molar refractivity (Wildman–Crippen MR) is 78.8 cm³/mol. The van der Waals surface area contributed by atoms with E-state index < -0.39 is 0 Å². The van der Waals surface area contributed by atoms with Gasteiger partial charge in [0.1, 0.15) is 0 Å². The van der Waals surface area contributed by atoms with Crippen molar-refractivity contribution in [3.05, 3.63) is 15.6 Å². The van der Waals surface area contributed by atoms with Gasteiger partial charge in [-0.15, -0.1) is 11.3 Å². The zero-order valence-corrected chi connectivity index (χ0v) is 12.6. The number of aromatic nitrogens is 1.